The molecule has 0 unspecified atom stereocenters. The van der Waals surface area contributed by atoms with E-state index in [0.717, 1.165) is 17.8 Å². The molecule has 12 heteroatoms. The summed E-state index contributed by atoms with van der Waals surface area (Å²) in [5.41, 5.74) is 1.08. The van der Waals surface area contributed by atoms with E-state index in [0.29, 0.717) is 44.3 Å². The average Bonchev–Trinajstić information content (AvgIpc) is 3.24. The average molecular weight is 568 g/mol. The first-order chi connectivity index (χ1) is 19.3. The zero-order valence-corrected chi connectivity index (χ0v) is 23.4. The molecule has 4 rings (SSSR count). The van der Waals surface area contributed by atoms with Gasteiger partial charge in [-0.2, -0.15) is 0 Å². The fraction of sp³-hybridized carbons (Fsp3) is 0.321. The van der Waals surface area contributed by atoms with Crippen molar-refractivity contribution in [2.45, 2.75) is 26.3 Å². The second-order valence-electron chi connectivity index (χ2n) is 8.79. The number of fused-ring (bicyclic) bond motifs is 1. The summed E-state index contributed by atoms with van der Waals surface area (Å²) in [5, 5.41) is 11.3. The van der Waals surface area contributed by atoms with Crippen LogP contribution in [0.25, 0.3) is 6.08 Å². The second-order valence-corrected chi connectivity index (χ2v) is 9.80. The van der Waals surface area contributed by atoms with E-state index in [1.54, 1.807) is 43.3 Å². The van der Waals surface area contributed by atoms with Crippen molar-refractivity contribution in [3.8, 4) is 11.5 Å². The molecule has 0 saturated carbocycles. The van der Waals surface area contributed by atoms with Crippen LogP contribution in [-0.4, -0.2) is 49.5 Å². The highest BCUT2D eigenvalue weighted by Gasteiger charge is 2.36. The Kier molecular flexibility index (Phi) is 9.12. The maximum atomic E-state index is 13.9. The van der Waals surface area contributed by atoms with Crippen molar-refractivity contribution in [2.75, 3.05) is 34.0 Å². The highest BCUT2D eigenvalue weighted by Crippen LogP contribution is 2.40. The second kappa shape index (κ2) is 12.7. The fourth-order valence-electron chi connectivity index (χ4n) is 4.32. The molecule has 3 aromatic rings. The molecule has 0 aliphatic carbocycles. The number of thiazole rings is 1. The minimum absolute atomic E-state index is 0.0212. The number of aromatic nitrogens is 1. The van der Waals surface area contributed by atoms with Gasteiger partial charge in [0.25, 0.3) is 11.2 Å². The van der Waals surface area contributed by atoms with Crippen molar-refractivity contribution >= 4 is 29.1 Å². The number of carbonyl (C=O) groups is 1. The first kappa shape index (κ1) is 28.7. The Morgan fingerprint density at radius 3 is 2.65 bits per heavy atom. The maximum Gasteiger partial charge on any atom is 0.338 e. The quantitative estimate of drug-likeness (QED) is 0.149. The van der Waals surface area contributed by atoms with E-state index in [9.17, 15) is 19.7 Å². The summed E-state index contributed by atoms with van der Waals surface area (Å²) in [7, 11) is 3.02. The van der Waals surface area contributed by atoms with Crippen molar-refractivity contribution < 1.29 is 28.7 Å². The standard InChI is InChI=1S/C28H29N3O8S/c1-5-12-38-25-20(10-7-11-21(25)37-4)24-23(27(33)39-14-13-36-3)17(2)29-28-30(24)26(32)22(40-28)16-18-8-6-9-19(15-18)31(34)35/h6-11,15-16,24H,5,12-14H2,1-4H3/b22-16+/t24-/m1/s1. The van der Waals surface area contributed by atoms with Crippen molar-refractivity contribution in [2.24, 2.45) is 4.99 Å². The first-order valence-electron chi connectivity index (χ1n) is 12.5. The molecule has 11 nitrogen and oxygen atoms in total. The number of nitro benzene ring substituents is 1. The third-order valence-electron chi connectivity index (χ3n) is 6.12. The molecule has 0 spiro atoms. The number of methoxy groups -OCH3 is 2. The van der Waals surface area contributed by atoms with Gasteiger partial charge in [0.05, 0.1) is 41.0 Å². The monoisotopic (exact) mass is 567 g/mol. The Balaban J connectivity index is 1.96. The van der Waals surface area contributed by atoms with Crippen molar-refractivity contribution in [3.05, 3.63) is 94.7 Å². The molecule has 0 amide bonds. The van der Waals surface area contributed by atoms with Crippen LogP contribution in [0.1, 0.15) is 37.4 Å². The number of carbonyl (C=O) groups excluding carboxylic acids is 1. The Labute approximate surface area is 233 Å². The van der Waals surface area contributed by atoms with Crippen LogP contribution < -0.4 is 24.4 Å². The summed E-state index contributed by atoms with van der Waals surface area (Å²) in [4.78, 5) is 43.0. The zero-order valence-electron chi connectivity index (χ0n) is 22.5. The number of hydrogen-bond donors (Lipinski definition) is 0. The van der Waals surface area contributed by atoms with Gasteiger partial charge in [-0.3, -0.25) is 19.5 Å². The van der Waals surface area contributed by atoms with Gasteiger partial charge < -0.3 is 18.9 Å². The van der Waals surface area contributed by atoms with Crippen molar-refractivity contribution in [1.29, 1.82) is 0 Å². The van der Waals surface area contributed by atoms with Crippen molar-refractivity contribution in [3.63, 3.8) is 0 Å². The summed E-state index contributed by atoms with van der Waals surface area (Å²) >= 11 is 1.12. The van der Waals surface area contributed by atoms with Gasteiger partial charge in [0.1, 0.15) is 12.6 Å². The van der Waals surface area contributed by atoms with Gasteiger partial charge in [-0.1, -0.05) is 42.5 Å². The SMILES string of the molecule is CCCOc1c(OC)cccc1[C@@H]1C(C(=O)OCCOC)=C(C)N=c2s/c(=C/c3cccc([N+](=O)[O-])c3)c(=O)n21. The summed E-state index contributed by atoms with van der Waals surface area (Å²) in [5.74, 6) is 0.217. The number of allylic oxidation sites excluding steroid dienone is 1. The zero-order chi connectivity index (χ0) is 28.8. The number of esters is 1. The van der Waals surface area contributed by atoms with Gasteiger partial charge in [-0.15, -0.1) is 0 Å². The number of nitro groups is 1. The number of para-hydroxylation sites is 1. The highest BCUT2D eigenvalue weighted by atomic mass is 32.1. The molecule has 2 aromatic carbocycles. The molecule has 1 aliphatic heterocycles. The van der Waals surface area contributed by atoms with E-state index in [2.05, 4.69) is 4.99 Å². The van der Waals surface area contributed by atoms with Crippen LogP contribution in [0, 0.1) is 10.1 Å². The highest BCUT2D eigenvalue weighted by molar-refractivity contribution is 7.07. The van der Waals surface area contributed by atoms with E-state index in [4.69, 9.17) is 18.9 Å². The largest absolute Gasteiger partial charge is 0.493 e. The Bertz CT molecular complexity index is 1640. The Morgan fingerprint density at radius 1 is 1.18 bits per heavy atom. The van der Waals surface area contributed by atoms with Crippen LogP contribution in [0.4, 0.5) is 5.69 Å². The van der Waals surface area contributed by atoms with Gasteiger partial charge in [-0.05, 0) is 31.1 Å². The smallest absolute Gasteiger partial charge is 0.338 e. The van der Waals surface area contributed by atoms with Crippen LogP contribution in [0.3, 0.4) is 0 Å². The summed E-state index contributed by atoms with van der Waals surface area (Å²) in [6.45, 7) is 4.26. The summed E-state index contributed by atoms with van der Waals surface area (Å²) in [6, 6.07) is 10.3. The summed E-state index contributed by atoms with van der Waals surface area (Å²) in [6.07, 6.45) is 2.30. The molecule has 0 fully saturated rings. The maximum absolute atomic E-state index is 13.9. The van der Waals surface area contributed by atoms with Crippen molar-refractivity contribution in [1.82, 2.24) is 4.57 Å². The van der Waals surface area contributed by atoms with E-state index < -0.39 is 22.5 Å². The van der Waals surface area contributed by atoms with Crippen LogP contribution in [0.2, 0.25) is 0 Å². The van der Waals surface area contributed by atoms with Crippen LogP contribution in [0.15, 0.2) is 63.5 Å². The molecule has 2 heterocycles. The summed E-state index contributed by atoms with van der Waals surface area (Å²) < 4.78 is 23.9. The molecular formula is C28H29N3O8S. The number of non-ortho nitro benzene ring substituents is 1. The number of ether oxygens (including phenoxy) is 4. The third kappa shape index (κ3) is 5.82. The predicted octanol–water partition coefficient (Wildman–Crippen LogP) is 3.13. The molecule has 0 saturated heterocycles. The van der Waals surface area contributed by atoms with Crippen LogP contribution >= 0.6 is 11.3 Å². The van der Waals surface area contributed by atoms with E-state index in [-0.39, 0.29) is 24.5 Å². The van der Waals surface area contributed by atoms with Gasteiger partial charge in [0.2, 0.25) is 0 Å². The molecule has 1 atom stereocenters. The van der Waals surface area contributed by atoms with Crippen LogP contribution in [0.5, 0.6) is 11.5 Å². The number of benzene rings is 2. The Morgan fingerprint density at radius 2 is 1.95 bits per heavy atom. The molecular weight excluding hydrogens is 538 g/mol. The lowest BCUT2D eigenvalue weighted by molar-refractivity contribution is -0.384. The molecule has 0 bridgehead atoms. The van der Waals surface area contributed by atoms with Gasteiger partial charge >= 0.3 is 5.97 Å². The third-order valence-corrected chi connectivity index (χ3v) is 7.10. The normalized spacial score (nSPS) is 14.9. The lowest BCUT2D eigenvalue weighted by atomic mass is 9.94. The topological polar surface area (TPSA) is 131 Å². The predicted molar refractivity (Wildman–Crippen MR) is 148 cm³/mol. The number of nitrogens with zero attached hydrogens (tertiary/aromatic N) is 3. The minimum atomic E-state index is -0.930. The van der Waals surface area contributed by atoms with Gasteiger partial charge in [0, 0.05) is 24.8 Å². The van der Waals surface area contributed by atoms with Crippen LogP contribution in [-0.2, 0) is 14.3 Å². The lowest BCUT2D eigenvalue weighted by Crippen LogP contribution is -2.40. The lowest BCUT2D eigenvalue weighted by Gasteiger charge is -2.27. The Hall–Kier alpha value is -4.29. The van der Waals surface area contributed by atoms with Gasteiger partial charge in [-0.25, -0.2) is 9.79 Å². The number of hydrogen-bond acceptors (Lipinski definition) is 10. The molecule has 1 aliphatic rings. The van der Waals surface area contributed by atoms with Gasteiger partial charge in [0.15, 0.2) is 16.3 Å². The van der Waals surface area contributed by atoms with E-state index in [1.807, 2.05) is 6.92 Å². The molecule has 0 N–H and O–H groups in total. The number of rotatable bonds is 11. The minimum Gasteiger partial charge on any atom is -0.493 e. The van der Waals surface area contributed by atoms with E-state index in [1.165, 1.54) is 30.9 Å². The molecule has 1 aromatic heterocycles. The van der Waals surface area contributed by atoms with E-state index >= 15 is 0 Å². The first-order valence-corrected chi connectivity index (χ1v) is 13.3. The molecule has 210 valence electrons. The molecule has 0 radical (unpaired) electrons. The fourth-order valence-corrected chi connectivity index (χ4v) is 5.37. The molecule has 40 heavy (non-hydrogen) atoms.